The summed E-state index contributed by atoms with van der Waals surface area (Å²) in [5.41, 5.74) is 6.30. The SMILES string of the molecule is Nc1cccc(CN2CC(=O)NC(=O)C2)c1C(=O)O. The van der Waals surface area contributed by atoms with Crippen molar-refractivity contribution in [2.75, 3.05) is 18.8 Å². The van der Waals surface area contributed by atoms with Crippen molar-refractivity contribution in [3.8, 4) is 0 Å². The number of nitrogens with one attached hydrogen (secondary N) is 1. The standard InChI is InChI=1S/C12H13N3O4/c13-8-3-1-2-7(11(8)12(18)19)4-15-5-9(16)14-10(17)6-15/h1-3H,4-6,13H2,(H,18,19)(H,14,16,17). The lowest BCUT2D eigenvalue weighted by atomic mass is 10.0. The number of nitrogens with zero attached hydrogens (tertiary/aromatic N) is 1. The number of carbonyl (C=O) groups excluding carboxylic acids is 2. The third kappa shape index (κ3) is 2.89. The van der Waals surface area contributed by atoms with Crippen LogP contribution in [0.15, 0.2) is 18.2 Å². The van der Waals surface area contributed by atoms with Crippen molar-refractivity contribution in [1.82, 2.24) is 10.2 Å². The minimum absolute atomic E-state index is 0.0148. The van der Waals surface area contributed by atoms with Crippen molar-refractivity contribution in [3.63, 3.8) is 0 Å². The van der Waals surface area contributed by atoms with Crippen LogP contribution in [0.4, 0.5) is 5.69 Å². The van der Waals surface area contributed by atoms with Crippen molar-refractivity contribution < 1.29 is 19.5 Å². The van der Waals surface area contributed by atoms with Gasteiger partial charge in [0, 0.05) is 12.2 Å². The number of imide groups is 1. The second-order valence-corrected chi connectivity index (χ2v) is 4.30. The highest BCUT2D eigenvalue weighted by atomic mass is 16.4. The predicted octanol–water partition coefficient (Wildman–Crippen LogP) is -0.575. The highest BCUT2D eigenvalue weighted by Crippen LogP contribution is 2.19. The molecule has 1 aliphatic heterocycles. The zero-order chi connectivity index (χ0) is 14.0. The first kappa shape index (κ1) is 13.0. The maximum Gasteiger partial charge on any atom is 0.338 e. The average molecular weight is 263 g/mol. The van der Waals surface area contributed by atoms with Gasteiger partial charge in [0.15, 0.2) is 0 Å². The molecule has 4 N–H and O–H groups in total. The maximum absolute atomic E-state index is 11.2. The molecule has 1 heterocycles. The van der Waals surface area contributed by atoms with E-state index in [9.17, 15) is 14.4 Å². The fraction of sp³-hybridized carbons (Fsp3) is 0.250. The summed E-state index contributed by atoms with van der Waals surface area (Å²) in [4.78, 5) is 35.2. The first-order valence-electron chi connectivity index (χ1n) is 5.63. The number of nitrogen functional groups attached to an aromatic ring is 1. The number of carboxylic acid groups (broad SMARTS) is 1. The van der Waals surface area contributed by atoms with Gasteiger partial charge in [-0.3, -0.25) is 19.8 Å². The van der Waals surface area contributed by atoms with E-state index in [1.165, 1.54) is 6.07 Å². The van der Waals surface area contributed by atoms with Gasteiger partial charge >= 0.3 is 5.97 Å². The number of hydrogen-bond donors (Lipinski definition) is 3. The predicted molar refractivity (Wildman–Crippen MR) is 66.2 cm³/mol. The Hall–Kier alpha value is -2.41. The number of piperazine rings is 1. The highest BCUT2D eigenvalue weighted by molar-refractivity contribution is 5.99. The molecule has 0 aliphatic carbocycles. The van der Waals surface area contributed by atoms with Crippen LogP contribution in [0.25, 0.3) is 0 Å². The topological polar surface area (TPSA) is 113 Å². The van der Waals surface area contributed by atoms with Gasteiger partial charge in [0.2, 0.25) is 11.8 Å². The molecule has 1 saturated heterocycles. The Bertz CT molecular complexity index is 540. The van der Waals surface area contributed by atoms with Gasteiger partial charge in [-0.1, -0.05) is 12.1 Å². The van der Waals surface area contributed by atoms with E-state index < -0.39 is 17.8 Å². The zero-order valence-corrected chi connectivity index (χ0v) is 10.0. The number of amides is 2. The van der Waals surface area contributed by atoms with E-state index in [0.29, 0.717) is 5.56 Å². The van der Waals surface area contributed by atoms with E-state index in [4.69, 9.17) is 10.8 Å². The number of benzene rings is 1. The summed E-state index contributed by atoms with van der Waals surface area (Å²) in [5, 5.41) is 11.3. The fourth-order valence-electron chi connectivity index (χ4n) is 2.06. The van der Waals surface area contributed by atoms with Crippen LogP contribution >= 0.6 is 0 Å². The Morgan fingerprint density at radius 3 is 2.53 bits per heavy atom. The molecule has 100 valence electrons. The number of rotatable bonds is 3. The molecule has 0 unspecified atom stereocenters. The van der Waals surface area contributed by atoms with E-state index in [2.05, 4.69) is 5.32 Å². The van der Waals surface area contributed by atoms with Gasteiger partial charge in [-0.15, -0.1) is 0 Å². The molecule has 0 bridgehead atoms. The van der Waals surface area contributed by atoms with E-state index in [0.717, 1.165) is 0 Å². The van der Waals surface area contributed by atoms with Crippen LogP contribution in [0.3, 0.4) is 0 Å². The second kappa shape index (κ2) is 5.07. The molecule has 1 aliphatic rings. The van der Waals surface area contributed by atoms with Crippen LogP contribution in [0, 0.1) is 0 Å². The van der Waals surface area contributed by atoms with Gasteiger partial charge < -0.3 is 10.8 Å². The van der Waals surface area contributed by atoms with E-state index in [1.807, 2.05) is 0 Å². The largest absolute Gasteiger partial charge is 0.478 e. The fourth-order valence-corrected chi connectivity index (χ4v) is 2.06. The van der Waals surface area contributed by atoms with E-state index in [-0.39, 0.29) is 30.9 Å². The van der Waals surface area contributed by atoms with Crippen LogP contribution < -0.4 is 11.1 Å². The van der Waals surface area contributed by atoms with Crippen LogP contribution in [-0.4, -0.2) is 40.9 Å². The Balaban J connectivity index is 2.24. The summed E-state index contributed by atoms with van der Waals surface area (Å²) in [6.07, 6.45) is 0. The lowest BCUT2D eigenvalue weighted by Crippen LogP contribution is -2.51. The minimum Gasteiger partial charge on any atom is -0.478 e. The summed E-state index contributed by atoms with van der Waals surface area (Å²) < 4.78 is 0. The van der Waals surface area contributed by atoms with Crippen molar-refractivity contribution >= 4 is 23.5 Å². The molecular weight excluding hydrogens is 250 g/mol. The number of aromatic carboxylic acids is 1. The van der Waals surface area contributed by atoms with Gasteiger partial charge in [-0.2, -0.15) is 0 Å². The Morgan fingerprint density at radius 1 is 1.32 bits per heavy atom. The molecule has 7 heteroatoms. The van der Waals surface area contributed by atoms with Gasteiger partial charge in [-0.25, -0.2) is 4.79 Å². The van der Waals surface area contributed by atoms with Gasteiger partial charge in [0.05, 0.1) is 18.7 Å². The summed E-state index contributed by atoms with van der Waals surface area (Å²) in [6, 6.07) is 4.76. The molecule has 2 rings (SSSR count). The molecule has 1 fully saturated rings. The molecule has 1 aromatic rings. The number of carboxylic acids is 1. The van der Waals surface area contributed by atoms with Crippen LogP contribution in [-0.2, 0) is 16.1 Å². The summed E-state index contributed by atoms with van der Waals surface area (Å²) in [7, 11) is 0. The molecule has 2 amide bonds. The Labute approximate surface area is 109 Å². The molecule has 0 aromatic heterocycles. The van der Waals surface area contributed by atoms with Gasteiger partial charge in [0.25, 0.3) is 0 Å². The van der Waals surface area contributed by atoms with E-state index >= 15 is 0 Å². The van der Waals surface area contributed by atoms with Crippen LogP contribution in [0.2, 0.25) is 0 Å². The molecule has 0 radical (unpaired) electrons. The summed E-state index contributed by atoms with van der Waals surface area (Å²) >= 11 is 0. The van der Waals surface area contributed by atoms with Crippen LogP contribution in [0.1, 0.15) is 15.9 Å². The van der Waals surface area contributed by atoms with Crippen molar-refractivity contribution in [2.45, 2.75) is 6.54 Å². The average Bonchev–Trinajstić information content (AvgIpc) is 2.26. The number of nitrogens with two attached hydrogens (primary N) is 1. The molecule has 19 heavy (non-hydrogen) atoms. The summed E-state index contributed by atoms with van der Waals surface area (Å²) in [6.45, 7) is 0.297. The number of anilines is 1. The third-order valence-corrected chi connectivity index (χ3v) is 2.80. The molecular formula is C12H13N3O4. The smallest absolute Gasteiger partial charge is 0.338 e. The van der Waals surface area contributed by atoms with E-state index in [1.54, 1.807) is 17.0 Å². The summed E-state index contributed by atoms with van der Waals surface area (Å²) in [5.74, 6) is -1.91. The molecule has 0 spiro atoms. The molecule has 0 atom stereocenters. The molecule has 7 nitrogen and oxygen atoms in total. The first-order chi connectivity index (χ1) is 8.97. The highest BCUT2D eigenvalue weighted by Gasteiger charge is 2.24. The maximum atomic E-state index is 11.2. The van der Waals surface area contributed by atoms with Crippen molar-refractivity contribution in [1.29, 1.82) is 0 Å². The second-order valence-electron chi connectivity index (χ2n) is 4.30. The minimum atomic E-state index is -1.12. The zero-order valence-electron chi connectivity index (χ0n) is 10.0. The number of hydrogen-bond acceptors (Lipinski definition) is 5. The lowest BCUT2D eigenvalue weighted by Gasteiger charge is -2.25. The van der Waals surface area contributed by atoms with Gasteiger partial charge in [0.1, 0.15) is 0 Å². The molecule has 1 aromatic carbocycles. The number of carbonyl (C=O) groups is 3. The van der Waals surface area contributed by atoms with Gasteiger partial charge in [-0.05, 0) is 11.6 Å². The lowest BCUT2D eigenvalue weighted by molar-refractivity contribution is -0.136. The first-order valence-corrected chi connectivity index (χ1v) is 5.63. The third-order valence-electron chi connectivity index (χ3n) is 2.80. The van der Waals surface area contributed by atoms with Crippen LogP contribution in [0.5, 0.6) is 0 Å². The monoisotopic (exact) mass is 263 g/mol. The molecule has 0 saturated carbocycles. The van der Waals surface area contributed by atoms with Crippen molar-refractivity contribution in [2.24, 2.45) is 0 Å². The van der Waals surface area contributed by atoms with Crippen molar-refractivity contribution in [3.05, 3.63) is 29.3 Å². The normalized spacial score (nSPS) is 16.2. The quantitative estimate of drug-likeness (QED) is 0.497. The Morgan fingerprint density at radius 2 is 1.95 bits per heavy atom. The Kier molecular flexibility index (Phi) is 3.48.